The Labute approximate surface area is 228 Å². The van der Waals surface area contributed by atoms with Crippen molar-refractivity contribution in [3.63, 3.8) is 0 Å². The van der Waals surface area contributed by atoms with E-state index in [0.29, 0.717) is 0 Å². The third-order valence-electron chi connectivity index (χ3n) is 0. The van der Waals surface area contributed by atoms with Crippen LogP contribution in [0.4, 0.5) is 19.2 Å². The average Bonchev–Trinajstić information content (AvgIpc) is 1.76. The summed E-state index contributed by atoms with van der Waals surface area (Å²) in [6, 6.07) is 0. The van der Waals surface area contributed by atoms with Gasteiger partial charge in [0.2, 0.25) is 0 Å². The van der Waals surface area contributed by atoms with E-state index in [2.05, 4.69) is 0 Å². The molecule has 0 aliphatic rings. The summed E-state index contributed by atoms with van der Waals surface area (Å²) in [5.41, 5.74) is 0. The molecule has 12 nitrogen and oxygen atoms in total. The van der Waals surface area contributed by atoms with Crippen LogP contribution >= 0.6 is 0 Å². The molecule has 0 N–H and O–H groups in total. The van der Waals surface area contributed by atoms with E-state index in [1.165, 1.54) is 0 Å². The van der Waals surface area contributed by atoms with E-state index in [9.17, 15) is 0 Å². The molecule has 17 heteroatoms. The van der Waals surface area contributed by atoms with Gasteiger partial charge in [-0.3, -0.25) is 0 Å². The van der Waals surface area contributed by atoms with Crippen molar-refractivity contribution in [1.29, 1.82) is 0 Å². The third-order valence-corrected chi connectivity index (χ3v) is 0. The number of hydrogen-bond donors (Lipinski definition) is 0. The van der Waals surface area contributed by atoms with Crippen LogP contribution in [0.5, 0.6) is 0 Å². The maximum atomic E-state index is 8.33. The zero-order valence-electron chi connectivity index (χ0n) is 11.9. The Hall–Kier alpha value is 2.08. The maximum Gasteiger partial charge on any atom is 1.00 e. The van der Waals surface area contributed by atoms with Crippen LogP contribution in [0.15, 0.2) is 0 Å². The Morgan fingerprint density at radius 2 is 0.333 bits per heavy atom. The second-order valence-electron chi connectivity index (χ2n) is 1.00. The minimum atomic E-state index is -2.33. The molecule has 0 bridgehead atoms. The van der Waals surface area contributed by atoms with Crippen LogP contribution in [0.3, 0.4) is 0 Å². The predicted molar refractivity (Wildman–Crippen MR) is 21.6 cm³/mol. The van der Waals surface area contributed by atoms with E-state index in [0.717, 1.165) is 0 Å². The monoisotopic (exact) mass is 355 g/mol. The summed E-state index contributed by atoms with van der Waals surface area (Å²) in [4.78, 5) is 33.3. The topological polar surface area (TPSA) is 253 Å². The molecule has 0 aromatic heterocycles. The normalized spacial score (nSPS) is 4.57. The summed E-state index contributed by atoms with van der Waals surface area (Å²) in [5.74, 6) is 0. The van der Waals surface area contributed by atoms with Crippen LogP contribution in [-0.2, 0) is 0 Å². The molecule has 0 rings (SSSR count). The summed E-state index contributed by atoms with van der Waals surface area (Å²) >= 11 is 0. The molecule has 21 heavy (non-hydrogen) atoms. The molecule has 0 spiro atoms. The fraction of sp³-hybridized carbons (Fsp3) is 0. The molecule has 0 amide bonds. The number of hydrogen-bond acceptors (Lipinski definition) is 12. The number of carbonyl (C=O) groups is 4. The first-order valence-corrected chi connectivity index (χ1v) is 2.45. The Morgan fingerprint density at radius 3 is 0.333 bits per heavy atom. The third kappa shape index (κ3) is 2060. The van der Waals surface area contributed by atoms with Gasteiger partial charge in [-0.25, -0.2) is 0 Å². The summed E-state index contributed by atoms with van der Waals surface area (Å²) in [6.07, 6.45) is -9.33. The van der Waals surface area contributed by atoms with Crippen LogP contribution in [0.1, 0.15) is 0 Å². The van der Waals surface area contributed by atoms with Gasteiger partial charge in [0.1, 0.15) is 0 Å². The fourth-order valence-corrected chi connectivity index (χ4v) is 0. The smallest absolute Gasteiger partial charge is 0.652 e. The van der Waals surface area contributed by atoms with Gasteiger partial charge in [0.25, 0.3) is 0 Å². The SMILES string of the molecule is O=C([O-])[O-].O=C([O-])[O-].O=C([O-])[O-].O=C([O-])[O-].[Na+].[Na+].[Na+].[Na+].[Na+]. The van der Waals surface area contributed by atoms with E-state index in [4.69, 9.17) is 60.0 Å². The first-order valence-electron chi connectivity index (χ1n) is 2.45. The average molecular weight is 355 g/mol. The first-order chi connectivity index (χ1) is 6.93. The number of carbonyl (C=O) groups excluding carboxylic acids is 4. The molecular formula is C4Na5O12-3. The van der Waals surface area contributed by atoms with Crippen molar-refractivity contribution >= 4 is 24.6 Å². The predicted octanol–water partition coefficient (Wildman–Crippen LogP) is -24.8. The summed E-state index contributed by atoms with van der Waals surface area (Å²) in [6.45, 7) is 0. The fourth-order valence-electron chi connectivity index (χ4n) is 0. The van der Waals surface area contributed by atoms with Gasteiger partial charge in [-0.05, 0) is 24.6 Å². The van der Waals surface area contributed by atoms with E-state index in [1.807, 2.05) is 0 Å². The molecule has 96 valence electrons. The van der Waals surface area contributed by atoms with Crippen LogP contribution in [0.2, 0.25) is 0 Å². The quantitative estimate of drug-likeness (QED) is 0.367. The Kier molecular flexibility index (Phi) is 134. The Morgan fingerprint density at radius 1 is 0.333 bits per heavy atom. The van der Waals surface area contributed by atoms with Crippen molar-refractivity contribution in [2.24, 2.45) is 0 Å². The minimum Gasteiger partial charge on any atom is -0.652 e. The molecule has 0 heterocycles. The van der Waals surface area contributed by atoms with Gasteiger partial charge in [-0.2, -0.15) is 0 Å². The summed E-state index contributed by atoms with van der Waals surface area (Å²) in [7, 11) is 0. The van der Waals surface area contributed by atoms with Crippen molar-refractivity contribution in [2.45, 2.75) is 0 Å². The maximum absolute atomic E-state index is 8.33. The van der Waals surface area contributed by atoms with Gasteiger partial charge in [0, 0.05) is 0 Å². The standard InChI is InChI=1S/4CH2O3.5Na/c4*2-1(3)4;;;;;/h4*(H2,2,3,4);;;;;/q;;;;5*+1/p-8. The summed E-state index contributed by atoms with van der Waals surface area (Å²) in [5, 5.41) is 66.7. The van der Waals surface area contributed by atoms with Gasteiger partial charge in [-0.15, -0.1) is 0 Å². The van der Waals surface area contributed by atoms with E-state index in [-0.39, 0.29) is 148 Å². The van der Waals surface area contributed by atoms with Crippen molar-refractivity contribution in [3.05, 3.63) is 0 Å². The summed E-state index contributed by atoms with van der Waals surface area (Å²) < 4.78 is 0. The molecule has 0 unspecified atom stereocenters. The van der Waals surface area contributed by atoms with Gasteiger partial charge >= 0.3 is 148 Å². The van der Waals surface area contributed by atoms with Crippen LogP contribution in [0, 0.1) is 0 Å². The Balaban J connectivity index is -0.0000000121. The van der Waals surface area contributed by atoms with Crippen LogP contribution < -0.4 is 189 Å². The molecule has 0 atom stereocenters. The van der Waals surface area contributed by atoms with Crippen molar-refractivity contribution < 1.29 is 208 Å². The second kappa shape index (κ2) is 49.5. The van der Waals surface area contributed by atoms with Gasteiger partial charge in [-0.1, -0.05) is 0 Å². The molecule has 0 radical (unpaired) electrons. The number of rotatable bonds is 0. The minimum absolute atomic E-state index is 0. The molecular weight excluding hydrogens is 355 g/mol. The molecule has 0 aromatic carbocycles. The van der Waals surface area contributed by atoms with E-state index >= 15 is 0 Å². The van der Waals surface area contributed by atoms with Gasteiger partial charge in [0.15, 0.2) is 0 Å². The molecule has 0 aliphatic heterocycles. The molecule has 0 fully saturated rings. The van der Waals surface area contributed by atoms with Gasteiger partial charge < -0.3 is 60.0 Å². The largest absolute Gasteiger partial charge is 1.00 e. The van der Waals surface area contributed by atoms with Gasteiger partial charge in [0.05, 0.1) is 0 Å². The first kappa shape index (κ1) is 56.8. The number of carboxylic acid groups (broad SMARTS) is 8. The molecule has 0 aromatic rings. The zero-order chi connectivity index (χ0) is 14.3. The van der Waals surface area contributed by atoms with E-state index in [1.54, 1.807) is 0 Å². The van der Waals surface area contributed by atoms with Crippen LogP contribution in [0.25, 0.3) is 0 Å². The van der Waals surface area contributed by atoms with Crippen LogP contribution in [-0.4, -0.2) is 24.6 Å². The van der Waals surface area contributed by atoms with Crippen molar-refractivity contribution in [1.82, 2.24) is 0 Å². The van der Waals surface area contributed by atoms with Crippen molar-refractivity contribution in [3.8, 4) is 0 Å². The Bertz CT molecular complexity index is 170. The second-order valence-corrected chi connectivity index (χ2v) is 1.00. The van der Waals surface area contributed by atoms with Crippen molar-refractivity contribution in [2.75, 3.05) is 0 Å². The molecule has 0 saturated heterocycles. The molecule has 0 aliphatic carbocycles. The zero-order valence-corrected chi connectivity index (χ0v) is 21.9. The molecule has 0 saturated carbocycles. The van der Waals surface area contributed by atoms with E-state index < -0.39 is 24.6 Å².